The van der Waals surface area contributed by atoms with Crippen LogP contribution in [0.2, 0.25) is 0 Å². The zero-order valence-electron chi connectivity index (χ0n) is 11.8. The minimum atomic E-state index is -0.819. The van der Waals surface area contributed by atoms with Crippen molar-refractivity contribution < 1.29 is 14.7 Å². The van der Waals surface area contributed by atoms with Crippen molar-refractivity contribution in [2.45, 2.75) is 65.5 Å². The van der Waals surface area contributed by atoms with Gasteiger partial charge in [0, 0.05) is 12.1 Å². The molecule has 0 unspecified atom stereocenters. The molecule has 1 aliphatic carbocycles. The van der Waals surface area contributed by atoms with Crippen molar-refractivity contribution in [1.29, 1.82) is 0 Å². The maximum Gasteiger partial charge on any atom is 0.307 e. The van der Waals surface area contributed by atoms with E-state index in [0.29, 0.717) is 12.8 Å². The molecule has 0 radical (unpaired) electrons. The predicted octanol–water partition coefficient (Wildman–Crippen LogP) is 2.52. The smallest absolute Gasteiger partial charge is 0.307 e. The van der Waals surface area contributed by atoms with Gasteiger partial charge in [-0.25, -0.2) is 0 Å². The van der Waals surface area contributed by atoms with Gasteiger partial charge in [-0.1, -0.05) is 12.8 Å². The minimum Gasteiger partial charge on any atom is -0.481 e. The van der Waals surface area contributed by atoms with E-state index >= 15 is 0 Å². The van der Waals surface area contributed by atoms with Gasteiger partial charge in [0.2, 0.25) is 5.91 Å². The quantitative estimate of drug-likeness (QED) is 0.839. The molecule has 0 aromatic rings. The average molecular weight is 255 g/mol. The molecule has 1 fully saturated rings. The Morgan fingerprint density at radius 1 is 1.00 bits per heavy atom. The summed E-state index contributed by atoms with van der Waals surface area (Å²) in [7, 11) is 0. The summed E-state index contributed by atoms with van der Waals surface area (Å²) in [6, 6.07) is 0.239. The summed E-state index contributed by atoms with van der Waals surface area (Å²) >= 11 is 0. The Bertz CT molecular complexity index is 304. The van der Waals surface area contributed by atoms with E-state index in [1.54, 1.807) is 0 Å². The van der Waals surface area contributed by atoms with E-state index in [4.69, 9.17) is 0 Å². The van der Waals surface area contributed by atoms with Gasteiger partial charge in [0.05, 0.1) is 11.8 Å². The number of carbonyl (C=O) groups excluding carboxylic acids is 1. The van der Waals surface area contributed by atoms with Gasteiger partial charge in [-0.05, 0) is 40.5 Å². The van der Waals surface area contributed by atoms with Crippen molar-refractivity contribution >= 4 is 11.9 Å². The summed E-state index contributed by atoms with van der Waals surface area (Å²) in [5, 5.41) is 9.25. The van der Waals surface area contributed by atoms with Crippen LogP contribution in [0.25, 0.3) is 0 Å². The van der Waals surface area contributed by atoms with Gasteiger partial charge >= 0.3 is 5.97 Å². The molecule has 1 saturated carbocycles. The molecule has 4 nitrogen and oxygen atoms in total. The third-order valence-corrected chi connectivity index (χ3v) is 3.77. The van der Waals surface area contributed by atoms with Crippen molar-refractivity contribution in [3.63, 3.8) is 0 Å². The standard InChI is InChI=1S/C14H25NO3/c1-9(2)15(10(3)4)13(16)11-7-5-6-8-12(11)14(17)18/h9-12H,5-8H2,1-4H3,(H,17,18)/t11-,12-/m1/s1. The number of carboxylic acids is 1. The number of aliphatic carboxylic acids is 1. The molecule has 0 aromatic carbocycles. The molecule has 0 aliphatic heterocycles. The average Bonchev–Trinajstić information content (AvgIpc) is 2.27. The van der Waals surface area contributed by atoms with E-state index in [2.05, 4.69) is 0 Å². The van der Waals surface area contributed by atoms with Crippen molar-refractivity contribution in [1.82, 2.24) is 4.90 Å². The van der Waals surface area contributed by atoms with Gasteiger partial charge in [0.25, 0.3) is 0 Å². The zero-order chi connectivity index (χ0) is 13.9. The van der Waals surface area contributed by atoms with Crippen molar-refractivity contribution in [2.24, 2.45) is 11.8 Å². The molecule has 18 heavy (non-hydrogen) atoms. The van der Waals surface area contributed by atoms with Crippen LogP contribution >= 0.6 is 0 Å². The first kappa shape index (κ1) is 15.0. The lowest BCUT2D eigenvalue weighted by Gasteiger charge is -2.37. The molecular weight excluding hydrogens is 230 g/mol. The van der Waals surface area contributed by atoms with Gasteiger partial charge in [-0.2, -0.15) is 0 Å². The van der Waals surface area contributed by atoms with Gasteiger partial charge in [-0.15, -0.1) is 0 Å². The van der Waals surface area contributed by atoms with Crippen LogP contribution in [0, 0.1) is 11.8 Å². The van der Waals surface area contributed by atoms with Gasteiger partial charge in [0.1, 0.15) is 0 Å². The van der Waals surface area contributed by atoms with E-state index in [0.717, 1.165) is 12.8 Å². The number of amides is 1. The molecule has 1 aliphatic rings. The Morgan fingerprint density at radius 2 is 1.44 bits per heavy atom. The fraction of sp³-hybridized carbons (Fsp3) is 0.857. The maximum absolute atomic E-state index is 12.6. The summed E-state index contributed by atoms with van der Waals surface area (Å²) in [4.78, 5) is 25.6. The number of rotatable bonds is 4. The fourth-order valence-electron chi connectivity index (χ4n) is 3.02. The molecule has 4 heteroatoms. The Hall–Kier alpha value is -1.06. The molecule has 0 spiro atoms. The normalized spacial score (nSPS) is 24.3. The first-order valence-corrected chi connectivity index (χ1v) is 6.91. The Kier molecular flexibility index (Phi) is 5.17. The molecule has 0 saturated heterocycles. The van der Waals surface area contributed by atoms with Gasteiger partial charge in [-0.3, -0.25) is 9.59 Å². The van der Waals surface area contributed by atoms with Gasteiger partial charge < -0.3 is 10.0 Å². The number of hydrogen-bond donors (Lipinski definition) is 1. The largest absolute Gasteiger partial charge is 0.481 e. The van der Waals surface area contributed by atoms with E-state index in [1.165, 1.54) is 0 Å². The maximum atomic E-state index is 12.6. The van der Waals surface area contributed by atoms with Crippen molar-refractivity contribution in [3.8, 4) is 0 Å². The molecular formula is C14H25NO3. The molecule has 1 amide bonds. The topological polar surface area (TPSA) is 57.6 Å². The first-order chi connectivity index (χ1) is 8.36. The Labute approximate surface area is 109 Å². The third kappa shape index (κ3) is 3.24. The summed E-state index contributed by atoms with van der Waals surface area (Å²) in [6.07, 6.45) is 3.23. The second-order valence-electron chi connectivity index (χ2n) is 5.77. The third-order valence-electron chi connectivity index (χ3n) is 3.77. The van der Waals surface area contributed by atoms with E-state index < -0.39 is 11.9 Å². The predicted molar refractivity (Wildman–Crippen MR) is 70.2 cm³/mol. The molecule has 2 atom stereocenters. The van der Waals surface area contributed by atoms with Crippen LogP contribution in [0.1, 0.15) is 53.4 Å². The second kappa shape index (κ2) is 6.21. The first-order valence-electron chi connectivity index (χ1n) is 6.91. The number of carbonyl (C=O) groups is 2. The van der Waals surface area contributed by atoms with E-state index in [-0.39, 0.29) is 23.9 Å². The number of nitrogens with zero attached hydrogens (tertiary/aromatic N) is 1. The van der Waals surface area contributed by atoms with Crippen LogP contribution in [-0.4, -0.2) is 34.0 Å². The lowest BCUT2D eigenvalue weighted by atomic mass is 9.78. The lowest BCUT2D eigenvalue weighted by Crippen LogP contribution is -2.48. The zero-order valence-corrected chi connectivity index (χ0v) is 11.8. The summed E-state index contributed by atoms with van der Waals surface area (Å²) in [6.45, 7) is 7.93. The molecule has 0 bridgehead atoms. The SMILES string of the molecule is CC(C)N(C(=O)[C@@H]1CCCC[C@H]1C(=O)O)C(C)C. The highest BCUT2D eigenvalue weighted by Crippen LogP contribution is 2.32. The number of carboxylic acid groups (broad SMARTS) is 1. The van der Waals surface area contributed by atoms with Crippen LogP contribution in [0.3, 0.4) is 0 Å². The monoisotopic (exact) mass is 255 g/mol. The molecule has 104 valence electrons. The Balaban J connectivity index is 2.88. The van der Waals surface area contributed by atoms with Crippen molar-refractivity contribution in [2.75, 3.05) is 0 Å². The second-order valence-corrected chi connectivity index (χ2v) is 5.77. The van der Waals surface area contributed by atoms with E-state index in [1.807, 2.05) is 32.6 Å². The van der Waals surface area contributed by atoms with Gasteiger partial charge in [0.15, 0.2) is 0 Å². The summed E-state index contributed by atoms with van der Waals surface area (Å²) in [5.74, 6) is -1.63. The van der Waals surface area contributed by atoms with Crippen LogP contribution in [-0.2, 0) is 9.59 Å². The van der Waals surface area contributed by atoms with Crippen LogP contribution in [0.15, 0.2) is 0 Å². The highest BCUT2D eigenvalue weighted by Gasteiger charge is 2.38. The van der Waals surface area contributed by atoms with Crippen LogP contribution in [0.5, 0.6) is 0 Å². The summed E-state index contributed by atoms with van der Waals surface area (Å²) in [5.41, 5.74) is 0. The Morgan fingerprint density at radius 3 is 1.83 bits per heavy atom. The fourth-order valence-corrected chi connectivity index (χ4v) is 3.02. The molecule has 0 aromatic heterocycles. The van der Waals surface area contributed by atoms with E-state index in [9.17, 15) is 14.7 Å². The lowest BCUT2D eigenvalue weighted by molar-refractivity contribution is -0.154. The molecule has 1 rings (SSSR count). The van der Waals surface area contributed by atoms with Crippen LogP contribution in [0.4, 0.5) is 0 Å². The van der Waals surface area contributed by atoms with Crippen LogP contribution < -0.4 is 0 Å². The molecule has 1 N–H and O–H groups in total. The van der Waals surface area contributed by atoms with Crippen molar-refractivity contribution in [3.05, 3.63) is 0 Å². The highest BCUT2D eigenvalue weighted by molar-refractivity contribution is 5.85. The molecule has 0 heterocycles. The minimum absolute atomic E-state index is 0.0205. The number of hydrogen-bond acceptors (Lipinski definition) is 2. The summed E-state index contributed by atoms with van der Waals surface area (Å²) < 4.78 is 0. The highest BCUT2D eigenvalue weighted by atomic mass is 16.4.